The van der Waals surface area contributed by atoms with E-state index in [0.29, 0.717) is 5.56 Å². The molecule has 72 valence electrons. The van der Waals surface area contributed by atoms with Crippen LogP contribution in [0.25, 0.3) is 5.65 Å². The standard InChI is InChI=1S/C9H10N4O/c1-6-5-13-3-2-7(9(14)12-10)4-8(13)11-6/h2-5H,10H2,1H3,(H,12,14). The maximum Gasteiger partial charge on any atom is 0.265 e. The molecule has 1 amide bonds. The highest BCUT2D eigenvalue weighted by Gasteiger charge is 2.05. The van der Waals surface area contributed by atoms with Crippen molar-refractivity contribution in [3.8, 4) is 0 Å². The van der Waals surface area contributed by atoms with E-state index in [-0.39, 0.29) is 5.91 Å². The molecule has 2 aromatic rings. The van der Waals surface area contributed by atoms with E-state index in [1.807, 2.05) is 17.5 Å². The van der Waals surface area contributed by atoms with Gasteiger partial charge in [-0.3, -0.25) is 10.2 Å². The molecule has 0 unspecified atom stereocenters. The predicted molar refractivity (Wildman–Crippen MR) is 51.6 cm³/mol. The Morgan fingerprint density at radius 1 is 1.64 bits per heavy atom. The molecule has 2 aromatic heterocycles. The number of nitrogens with two attached hydrogens (primary N) is 1. The fourth-order valence-corrected chi connectivity index (χ4v) is 1.33. The summed E-state index contributed by atoms with van der Waals surface area (Å²) < 4.78 is 1.85. The lowest BCUT2D eigenvalue weighted by atomic mass is 10.2. The number of fused-ring (bicyclic) bond motifs is 1. The van der Waals surface area contributed by atoms with Crippen molar-refractivity contribution in [1.29, 1.82) is 0 Å². The number of rotatable bonds is 1. The van der Waals surface area contributed by atoms with Gasteiger partial charge in [-0.25, -0.2) is 10.8 Å². The van der Waals surface area contributed by atoms with Crippen LogP contribution < -0.4 is 11.3 Å². The van der Waals surface area contributed by atoms with Crippen LogP contribution in [-0.2, 0) is 0 Å². The molecule has 2 heterocycles. The first-order chi connectivity index (χ1) is 6.70. The molecule has 0 aliphatic carbocycles. The lowest BCUT2D eigenvalue weighted by Crippen LogP contribution is -2.29. The number of nitrogen functional groups attached to an aromatic ring is 1. The highest BCUT2D eigenvalue weighted by molar-refractivity contribution is 5.94. The Balaban J connectivity index is 2.55. The first kappa shape index (κ1) is 8.71. The molecule has 0 spiro atoms. The number of carbonyl (C=O) groups is 1. The number of nitrogens with zero attached hydrogens (tertiary/aromatic N) is 2. The van der Waals surface area contributed by atoms with Crippen LogP contribution >= 0.6 is 0 Å². The SMILES string of the molecule is Cc1cn2ccc(C(=O)NN)cc2n1. The average molecular weight is 190 g/mol. The van der Waals surface area contributed by atoms with Crippen LogP contribution in [0.3, 0.4) is 0 Å². The molecule has 0 saturated carbocycles. The zero-order valence-electron chi connectivity index (χ0n) is 7.69. The lowest BCUT2D eigenvalue weighted by Gasteiger charge is -1.99. The van der Waals surface area contributed by atoms with Crippen LogP contribution in [-0.4, -0.2) is 15.3 Å². The normalized spacial score (nSPS) is 10.4. The van der Waals surface area contributed by atoms with E-state index >= 15 is 0 Å². The summed E-state index contributed by atoms with van der Waals surface area (Å²) in [5.41, 5.74) is 4.23. The van der Waals surface area contributed by atoms with Gasteiger partial charge in [0.2, 0.25) is 0 Å². The maximum atomic E-state index is 11.2. The molecule has 0 aromatic carbocycles. The van der Waals surface area contributed by atoms with Crippen molar-refractivity contribution in [2.45, 2.75) is 6.92 Å². The van der Waals surface area contributed by atoms with Gasteiger partial charge in [-0.15, -0.1) is 0 Å². The Hall–Kier alpha value is -1.88. The van der Waals surface area contributed by atoms with Crippen LogP contribution in [0, 0.1) is 6.92 Å². The number of imidazole rings is 1. The van der Waals surface area contributed by atoms with Gasteiger partial charge < -0.3 is 4.40 Å². The third-order valence-corrected chi connectivity index (χ3v) is 1.97. The minimum atomic E-state index is -0.312. The minimum Gasteiger partial charge on any atom is -0.307 e. The first-order valence-electron chi connectivity index (χ1n) is 4.17. The van der Waals surface area contributed by atoms with Crippen molar-refractivity contribution in [1.82, 2.24) is 14.8 Å². The molecule has 0 atom stereocenters. The van der Waals surface area contributed by atoms with Gasteiger partial charge in [0.1, 0.15) is 5.65 Å². The van der Waals surface area contributed by atoms with Crippen molar-refractivity contribution in [3.05, 3.63) is 35.8 Å². The Labute approximate surface area is 80.5 Å². The lowest BCUT2D eigenvalue weighted by molar-refractivity contribution is 0.0953. The average Bonchev–Trinajstić information content (AvgIpc) is 2.55. The van der Waals surface area contributed by atoms with E-state index < -0.39 is 0 Å². The number of aryl methyl sites for hydroxylation is 1. The van der Waals surface area contributed by atoms with Gasteiger partial charge in [-0.1, -0.05) is 0 Å². The molecular formula is C9H10N4O. The van der Waals surface area contributed by atoms with E-state index in [9.17, 15) is 4.79 Å². The number of carbonyl (C=O) groups excluding carboxylic acids is 1. The van der Waals surface area contributed by atoms with Gasteiger partial charge in [0.15, 0.2) is 0 Å². The summed E-state index contributed by atoms with van der Waals surface area (Å²) in [6.07, 6.45) is 3.67. The summed E-state index contributed by atoms with van der Waals surface area (Å²) in [5.74, 6) is 4.71. The van der Waals surface area contributed by atoms with E-state index in [2.05, 4.69) is 10.4 Å². The van der Waals surface area contributed by atoms with Gasteiger partial charge in [0.25, 0.3) is 5.91 Å². The summed E-state index contributed by atoms with van der Waals surface area (Å²) in [7, 11) is 0. The molecule has 0 aliphatic heterocycles. The third-order valence-electron chi connectivity index (χ3n) is 1.97. The van der Waals surface area contributed by atoms with E-state index in [1.54, 1.807) is 18.3 Å². The van der Waals surface area contributed by atoms with Gasteiger partial charge >= 0.3 is 0 Å². The van der Waals surface area contributed by atoms with Gasteiger partial charge in [0.05, 0.1) is 5.69 Å². The number of nitrogens with one attached hydrogen (secondary N) is 1. The fraction of sp³-hybridized carbons (Fsp3) is 0.111. The Morgan fingerprint density at radius 3 is 3.14 bits per heavy atom. The van der Waals surface area contributed by atoms with Crippen LogP contribution in [0.4, 0.5) is 0 Å². The second kappa shape index (κ2) is 3.12. The van der Waals surface area contributed by atoms with Gasteiger partial charge in [-0.2, -0.15) is 0 Å². The number of hydrogen-bond acceptors (Lipinski definition) is 3. The second-order valence-corrected chi connectivity index (χ2v) is 3.04. The largest absolute Gasteiger partial charge is 0.307 e. The monoisotopic (exact) mass is 190 g/mol. The molecule has 5 nitrogen and oxygen atoms in total. The summed E-state index contributed by atoms with van der Waals surface area (Å²) in [6, 6.07) is 3.38. The number of amides is 1. The molecule has 2 rings (SSSR count). The van der Waals surface area contributed by atoms with Crippen molar-refractivity contribution >= 4 is 11.6 Å². The van der Waals surface area contributed by atoms with E-state index in [1.165, 1.54) is 0 Å². The predicted octanol–water partition coefficient (Wildman–Crippen LogP) is 0.246. The van der Waals surface area contributed by atoms with Crippen molar-refractivity contribution < 1.29 is 4.79 Å². The molecule has 14 heavy (non-hydrogen) atoms. The number of pyridine rings is 1. The van der Waals surface area contributed by atoms with Gasteiger partial charge in [-0.05, 0) is 19.1 Å². The zero-order chi connectivity index (χ0) is 10.1. The van der Waals surface area contributed by atoms with Crippen LogP contribution in [0.15, 0.2) is 24.5 Å². The smallest absolute Gasteiger partial charge is 0.265 e. The molecule has 0 fully saturated rings. The number of hydrazine groups is 1. The molecule has 5 heteroatoms. The first-order valence-corrected chi connectivity index (χ1v) is 4.17. The Morgan fingerprint density at radius 2 is 2.43 bits per heavy atom. The van der Waals surface area contributed by atoms with E-state index in [4.69, 9.17) is 5.84 Å². The molecule has 3 N–H and O–H groups in total. The maximum absolute atomic E-state index is 11.2. The van der Waals surface area contributed by atoms with Crippen LogP contribution in [0.5, 0.6) is 0 Å². The fourth-order valence-electron chi connectivity index (χ4n) is 1.33. The highest BCUT2D eigenvalue weighted by Crippen LogP contribution is 2.07. The minimum absolute atomic E-state index is 0.312. The van der Waals surface area contributed by atoms with Crippen molar-refractivity contribution in [2.24, 2.45) is 5.84 Å². The Kier molecular flexibility index (Phi) is 1.94. The summed E-state index contributed by atoms with van der Waals surface area (Å²) in [6.45, 7) is 1.90. The van der Waals surface area contributed by atoms with E-state index in [0.717, 1.165) is 11.3 Å². The molecular weight excluding hydrogens is 180 g/mol. The Bertz CT molecular complexity index is 489. The van der Waals surface area contributed by atoms with Crippen molar-refractivity contribution in [3.63, 3.8) is 0 Å². The summed E-state index contributed by atoms with van der Waals surface area (Å²) in [5, 5.41) is 0. The molecule has 0 radical (unpaired) electrons. The number of hydrogen-bond donors (Lipinski definition) is 2. The highest BCUT2D eigenvalue weighted by atomic mass is 16.2. The molecule has 0 saturated heterocycles. The summed E-state index contributed by atoms with van der Waals surface area (Å²) in [4.78, 5) is 15.4. The van der Waals surface area contributed by atoms with Gasteiger partial charge in [0, 0.05) is 18.0 Å². The molecule has 0 aliphatic rings. The third kappa shape index (κ3) is 1.33. The quantitative estimate of drug-likeness (QED) is 0.384. The van der Waals surface area contributed by atoms with Crippen LogP contribution in [0.1, 0.15) is 16.1 Å². The summed E-state index contributed by atoms with van der Waals surface area (Å²) >= 11 is 0. The topological polar surface area (TPSA) is 72.4 Å². The van der Waals surface area contributed by atoms with Crippen molar-refractivity contribution in [2.75, 3.05) is 0 Å². The zero-order valence-corrected chi connectivity index (χ0v) is 7.69. The molecule has 0 bridgehead atoms. The van der Waals surface area contributed by atoms with Crippen LogP contribution in [0.2, 0.25) is 0 Å². The number of aromatic nitrogens is 2. The second-order valence-electron chi connectivity index (χ2n) is 3.04.